The van der Waals surface area contributed by atoms with Gasteiger partial charge in [-0.2, -0.15) is 0 Å². The van der Waals surface area contributed by atoms with Crippen molar-refractivity contribution in [2.45, 2.75) is 44.8 Å². The van der Waals surface area contributed by atoms with E-state index in [-0.39, 0.29) is 18.2 Å². The Labute approximate surface area is 90.8 Å². The molecule has 2 N–H and O–H groups in total. The lowest BCUT2D eigenvalue weighted by Crippen LogP contribution is -2.46. The van der Waals surface area contributed by atoms with Gasteiger partial charge in [0.15, 0.2) is 0 Å². The lowest BCUT2D eigenvalue weighted by molar-refractivity contribution is 0.114. The molecule has 2 aliphatic rings. The van der Waals surface area contributed by atoms with E-state index in [2.05, 4.69) is 10.6 Å². The van der Waals surface area contributed by atoms with Crippen LogP contribution in [0.2, 0.25) is 0 Å². The number of amides is 2. The number of hydrogen-bond acceptors (Lipinski definition) is 2. The monoisotopic (exact) mass is 212 g/mol. The highest BCUT2D eigenvalue weighted by Gasteiger charge is 2.26. The first-order valence-corrected chi connectivity index (χ1v) is 5.91. The minimum atomic E-state index is -0.0377. The molecule has 86 valence electrons. The van der Waals surface area contributed by atoms with E-state index in [9.17, 15) is 4.79 Å². The highest BCUT2D eigenvalue weighted by molar-refractivity contribution is 5.74. The molecule has 1 heterocycles. The van der Waals surface area contributed by atoms with Crippen LogP contribution in [0.25, 0.3) is 0 Å². The van der Waals surface area contributed by atoms with E-state index in [4.69, 9.17) is 4.74 Å². The first-order chi connectivity index (χ1) is 7.25. The molecular weight excluding hydrogens is 192 g/mol. The maximum atomic E-state index is 11.5. The first kappa shape index (κ1) is 10.7. The summed E-state index contributed by atoms with van der Waals surface area (Å²) in [5.41, 5.74) is 0. The largest absolute Gasteiger partial charge is 0.376 e. The predicted molar refractivity (Wildman–Crippen MR) is 57.7 cm³/mol. The SMILES string of the molecule is C[C@H]1OCC[C@H]1NC(=O)NCC1CCC1. The number of hydrogen-bond donors (Lipinski definition) is 2. The van der Waals surface area contributed by atoms with Gasteiger partial charge in [-0.3, -0.25) is 0 Å². The molecular formula is C11H20N2O2. The van der Waals surface area contributed by atoms with Crippen molar-refractivity contribution in [3.63, 3.8) is 0 Å². The Morgan fingerprint density at radius 1 is 1.40 bits per heavy atom. The van der Waals surface area contributed by atoms with E-state index in [1.807, 2.05) is 6.92 Å². The number of nitrogens with one attached hydrogen (secondary N) is 2. The Balaban J connectivity index is 1.62. The van der Waals surface area contributed by atoms with Crippen molar-refractivity contribution < 1.29 is 9.53 Å². The molecule has 1 saturated heterocycles. The van der Waals surface area contributed by atoms with Crippen LogP contribution < -0.4 is 10.6 Å². The maximum Gasteiger partial charge on any atom is 0.315 e. The van der Waals surface area contributed by atoms with Gasteiger partial charge >= 0.3 is 6.03 Å². The summed E-state index contributed by atoms with van der Waals surface area (Å²) in [6, 6.07) is 0.149. The van der Waals surface area contributed by atoms with Crippen LogP contribution >= 0.6 is 0 Å². The Morgan fingerprint density at radius 2 is 2.20 bits per heavy atom. The second-order valence-corrected chi connectivity index (χ2v) is 4.62. The molecule has 0 bridgehead atoms. The van der Waals surface area contributed by atoms with Crippen LogP contribution in [0.3, 0.4) is 0 Å². The molecule has 0 aromatic rings. The van der Waals surface area contributed by atoms with Gasteiger partial charge in [-0.25, -0.2) is 4.79 Å². The maximum absolute atomic E-state index is 11.5. The summed E-state index contributed by atoms with van der Waals surface area (Å²) in [6.45, 7) is 3.59. The fourth-order valence-corrected chi connectivity index (χ4v) is 2.07. The third kappa shape index (κ3) is 2.84. The number of urea groups is 1. The molecule has 1 aliphatic heterocycles. The second kappa shape index (κ2) is 4.84. The normalized spacial score (nSPS) is 31.0. The van der Waals surface area contributed by atoms with E-state index in [0.717, 1.165) is 19.6 Å². The quantitative estimate of drug-likeness (QED) is 0.740. The predicted octanol–water partition coefficient (Wildman–Crippen LogP) is 1.26. The molecule has 0 radical (unpaired) electrons. The topological polar surface area (TPSA) is 50.4 Å². The molecule has 2 rings (SSSR count). The smallest absolute Gasteiger partial charge is 0.315 e. The molecule has 2 amide bonds. The fraction of sp³-hybridized carbons (Fsp3) is 0.909. The summed E-state index contributed by atoms with van der Waals surface area (Å²) in [5.74, 6) is 0.716. The van der Waals surface area contributed by atoms with Gasteiger partial charge in [0.1, 0.15) is 0 Å². The molecule has 2 fully saturated rings. The van der Waals surface area contributed by atoms with Gasteiger partial charge in [-0.1, -0.05) is 6.42 Å². The van der Waals surface area contributed by atoms with E-state index < -0.39 is 0 Å². The lowest BCUT2D eigenvalue weighted by Gasteiger charge is -2.26. The van der Waals surface area contributed by atoms with Crippen molar-refractivity contribution in [1.82, 2.24) is 10.6 Å². The van der Waals surface area contributed by atoms with Crippen LogP contribution in [-0.2, 0) is 4.74 Å². The Bertz CT molecular complexity index is 229. The molecule has 1 aliphatic carbocycles. The number of carbonyl (C=O) groups is 1. The fourth-order valence-electron chi connectivity index (χ4n) is 2.07. The standard InChI is InChI=1S/C11H20N2O2/c1-8-10(5-6-15-8)13-11(14)12-7-9-3-2-4-9/h8-10H,2-7H2,1H3,(H2,12,13,14)/t8-,10-/m1/s1. The van der Waals surface area contributed by atoms with Crippen molar-refractivity contribution in [3.05, 3.63) is 0 Å². The average Bonchev–Trinajstić information content (AvgIpc) is 2.49. The minimum absolute atomic E-state index is 0.0377. The Kier molecular flexibility index (Phi) is 3.46. The zero-order chi connectivity index (χ0) is 10.7. The Morgan fingerprint density at radius 3 is 2.73 bits per heavy atom. The van der Waals surface area contributed by atoms with Gasteiger partial charge in [0.25, 0.3) is 0 Å². The second-order valence-electron chi connectivity index (χ2n) is 4.62. The molecule has 1 saturated carbocycles. The summed E-state index contributed by atoms with van der Waals surface area (Å²) in [4.78, 5) is 11.5. The third-order valence-electron chi connectivity index (χ3n) is 3.47. The van der Waals surface area contributed by atoms with Crippen LogP contribution in [0.1, 0.15) is 32.6 Å². The van der Waals surface area contributed by atoms with Gasteiger partial charge in [0, 0.05) is 13.2 Å². The van der Waals surface area contributed by atoms with Crippen LogP contribution in [0.15, 0.2) is 0 Å². The van der Waals surface area contributed by atoms with Gasteiger partial charge in [-0.05, 0) is 32.1 Å². The highest BCUT2D eigenvalue weighted by Crippen LogP contribution is 2.25. The molecule has 4 heteroatoms. The summed E-state index contributed by atoms with van der Waals surface area (Å²) in [7, 11) is 0. The van der Waals surface area contributed by atoms with Crippen molar-refractivity contribution in [2.75, 3.05) is 13.2 Å². The summed E-state index contributed by atoms with van der Waals surface area (Å²) in [5, 5.41) is 5.88. The first-order valence-electron chi connectivity index (χ1n) is 5.91. The third-order valence-corrected chi connectivity index (χ3v) is 3.47. The van der Waals surface area contributed by atoms with Crippen LogP contribution in [0.4, 0.5) is 4.79 Å². The summed E-state index contributed by atoms with van der Waals surface area (Å²) >= 11 is 0. The summed E-state index contributed by atoms with van der Waals surface area (Å²) in [6.07, 6.45) is 4.94. The molecule has 2 atom stereocenters. The van der Waals surface area contributed by atoms with E-state index in [1.165, 1.54) is 19.3 Å². The molecule has 0 spiro atoms. The number of rotatable bonds is 3. The van der Waals surface area contributed by atoms with Crippen LogP contribution in [-0.4, -0.2) is 31.3 Å². The van der Waals surface area contributed by atoms with Crippen molar-refractivity contribution >= 4 is 6.03 Å². The van der Waals surface area contributed by atoms with Gasteiger partial charge in [0.2, 0.25) is 0 Å². The zero-order valence-corrected chi connectivity index (χ0v) is 9.29. The van der Waals surface area contributed by atoms with Gasteiger partial charge < -0.3 is 15.4 Å². The molecule has 0 unspecified atom stereocenters. The lowest BCUT2D eigenvalue weighted by atomic mass is 9.85. The van der Waals surface area contributed by atoms with Crippen molar-refractivity contribution in [1.29, 1.82) is 0 Å². The zero-order valence-electron chi connectivity index (χ0n) is 9.29. The summed E-state index contributed by atoms with van der Waals surface area (Å²) < 4.78 is 5.38. The molecule has 4 nitrogen and oxygen atoms in total. The van der Waals surface area contributed by atoms with Crippen LogP contribution in [0, 0.1) is 5.92 Å². The van der Waals surface area contributed by atoms with Crippen molar-refractivity contribution in [3.8, 4) is 0 Å². The minimum Gasteiger partial charge on any atom is -0.376 e. The van der Waals surface area contributed by atoms with E-state index >= 15 is 0 Å². The van der Waals surface area contributed by atoms with E-state index in [0.29, 0.717) is 5.92 Å². The van der Waals surface area contributed by atoms with Gasteiger partial charge in [0.05, 0.1) is 12.1 Å². The molecule has 0 aromatic carbocycles. The average molecular weight is 212 g/mol. The molecule has 15 heavy (non-hydrogen) atoms. The Hall–Kier alpha value is -0.770. The molecule has 0 aromatic heterocycles. The number of carbonyl (C=O) groups excluding carboxylic acids is 1. The van der Waals surface area contributed by atoms with Crippen molar-refractivity contribution in [2.24, 2.45) is 5.92 Å². The highest BCUT2D eigenvalue weighted by atomic mass is 16.5. The number of ether oxygens (including phenoxy) is 1. The van der Waals surface area contributed by atoms with Gasteiger partial charge in [-0.15, -0.1) is 0 Å². The van der Waals surface area contributed by atoms with Crippen LogP contribution in [0.5, 0.6) is 0 Å². The van der Waals surface area contributed by atoms with E-state index in [1.54, 1.807) is 0 Å².